The Morgan fingerprint density at radius 2 is 2.12 bits per heavy atom. The summed E-state index contributed by atoms with van der Waals surface area (Å²) < 4.78 is 0. The monoisotopic (exact) mass is 234 g/mol. The molecule has 1 aliphatic carbocycles. The molecule has 0 bridgehead atoms. The van der Waals surface area contributed by atoms with E-state index in [-0.39, 0.29) is 11.8 Å². The molecule has 0 radical (unpaired) electrons. The molecule has 2 rings (SSSR count). The number of aromatic nitrogens is 2. The standard InChI is InChI=1S/C12H18N4O/c13-7-9-1-3-10(4-2-9)12(17)16-11-5-6-14-15-8-11/h5-6,8-10H,1-4,7,13H2,(H,14,16,17). The molecule has 5 nitrogen and oxygen atoms in total. The molecule has 0 unspecified atom stereocenters. The van der Waals surface area contributed by atoms with E-state index < -0.39 is 0 Å². The molecule has 1 aromatic heterocycles. The summed E-state index contributed by atoms with van der Waals surface area (Å²) >= 11 is 0. The zero-order valence-corrected chi connectivity index (χ0v) is 9.80. The summed E-state index contributed by atoms with van der Waals surface area (Å²) in [5.41, 5.74) is 6.35. The fourth-order valence-electron chi connectivity index (χ4n) is 2.27. The van der Waals surface area contributed by atoms with Crippen LogP contribution in [0.3, 0.4) is 0 Å². The van der Waals surface area contributed by atoms with Gasteiger partial charge in [-0.2, -0.15) is 10.2 Å². The van der Waals surface area contributed by atoms with Crippen LogP contribution in [0.1, 0.15) is 25.7 Å². The molecule has 0 aromatic carbocycles. The van der Waals surface area contributed by atoms with Gasteiger partial charge in [0.2, 0.25) is 5.91 Å². The van der Waals surface area contributed by atoms with Gasteiger partial charge in [-0.1, -0.05) is 0 Å². The van der Waals surface area contributed by atoms with Crippen LogP contribution in [0.4, 0.5) is 5.69 Å². The Labute approximate surface area is 101 Å². The van der Waals surface area contributed by atoms with Crippen molar-refractivity contribution in [1.82, 2.24) is 10.2 Å². The number of carbonyl (C=O) groups excluding carboxylic acids is 1. The quantitative estimate of drug-likeness (QED) is 0.823. The number of amides is 1. The fourth-order valence-corrected chi connectivity index (χ4v) is 2.27. The number of nitrogens with one attached hydrogen (secondary N) is 1. The molecular formula is C12H18N4O. The molecule has 1 aliphatic rings. The van der Waals surface area contributed by atoms with Crippen molar-refractivity contribution < 1.29 is 4.79 Å². The number of anilines is 1. The van der Waals surface area contributed by atoms with Crippen LogP contribution >= 0.6 is 0 Å². The zero-order chi connectivity index (χ0) is 12.1. The van der Waals surface area contributed by atoms with E-state index in [2.05, 4.69) is 15.5 Å². The lowest BCUT2D eigenvalue weighted by Gasteiger charge is -2.26. The van der Waals surface area contributed by atoms with Crippen molar-refractivity contribution in [2.24, 2.45) is 17.6 Å². The highest BCUT2D eigenvalue weighted by Crippen LogP contribution is 2.28. The van der Waals surface area contributed by atoms with Crippen LogP contribution in [-0.2, 0) is 4.79 Å². The Bertz CT molecular complexity index is 360. The molecule has 1 amide bonds. The smallest absolute Gasteiger partial charge is 0.227 e. The molecule has 5 heteroatoms. The third-order valence-electron chi connectivity index (χ3n) is 3.40. The second-order valence-corrected chi connectivity index (χ2v) is 4.57. The lowest BCUT2D eigenvalue weighted by atomic mass is 9.81. The van der Waals surface area contributed by atoms with Crippen molar-refractivity contribution >= 4 is 11.6 Å². The van der Waals surface area contributed by atoms with Crippen LogP contribution in [0.2, 0.25) is 0 Å². The van der Waals surface area contributed by atoms with Gasteiger partial charge in [0.25, 0.3) is 0 Å². The molecule has 0 aliphatic heterocycles. The first-order chi connectivity index (χ1) is 8.29. The largest absolute Gasteiger partial charge is 0.330 e. The van der Waals surface area contributed by atoms with E-state index in [1.54, 1.807) is 18.5 Å². The van der Waals surface area contributed by atoms with Gasteiger partial charge in [-0.3, -0.25) is 4.79 Å². The first-order valence-corrected chi connectivity index (χ1v) is 6.07. The molecule has 0 atom stereocenters. The van der Waals surface area contributed by atoms with Crippen molar-refractivity contribution in [1.29, 1.82) is 0 Å². The highest BCUT2D eigenvalue weighted by atomic mass is 16.1. The van der Waals surface area contributed by atoms with Gasteiger partial charge in [0.05, 0.1) is 18.1 Å². The van der Waals surface area contributed by atoms with Gasteiger partial charge in [0.15, 0.2) is 0 Å². The third kappa shape index (κ3) is 3.23. The van der Waals surface area contributed by atoms with E-state index in [1.165, 1.54) is 0 Å². The van der Waals surface area contributed by atoms with E-state index in [1.807, 2.05) is 0 Å². The summed E-state index contributed by atoms with van der Waals surface area (Å²) in [6, 6.07) is 1.75. The van der Waals surface area contributed by atoms with Gasteiger partial charge in [0.1, 0.15) is 0 Å². The molecule has 1 heterocycles. The first-order valence-electron chi connectivity index (χ1n) is 6.07. The number of rotatable bonds is 3. The van der Waals surface area contributed by atoms with E-state index in [9.17, 15) is 4.79 Å². The lowest BCUT2D eigenvalue weighted by molar-refractivity contribution is -0.121. The van der Waals surface area contributed by atoms with Crippen molar-refractivity contribution in [3.05, 3.63) is 18.5 Å². The third-order valence-corrected chi connectivity index (χ3v) is 3.40. The zero-order valence-electron chi connectivity index (χ0n) is 9.80. The average molecular weight is 234 g/mol. The minimum absolute atomic E-state index is 0.0912. The molecule has 1 aromatic rings. The van der Waals surface area contributed by atoms with Crippen LogP contribution in [0.5, 0.6) is 0 Å². The Hall–Kier alpha value is -1.49. The molecule has 92 valence electrons. The summed E-state index contributed by atoms with van der Waals surface area (Å²) in [5.74, 6) is 0.807. The molecule has 0 spiro atoms. The van der Waals surface area contributed by atoms with E-state index in [0.29, 0.717) is 11.6 Å². The Morgan fingerprint density at radius 1 is 1.35 bits per heavy atom. The highest BCUT2D eigenvalue weighted by molar-refractivity contribution is 5.92. The van der Waals surface area contributed by atoms with E-state index >= 15 is 0 Å². The lowest BCUT2D eigenvalue weighted by Crippen LogP contribution is -2.29. The SMILES string of the molecule is NCC1CCC(C(=O)Nc2ccnnc2)CC1. The Balaban J connectivity index is 1.85. The summed E-state index contributed by atoms with van der Waals surface area (Å²) in [7, 11) is 0. The van der Waals surface area contributed by atoms with E-state index in [4.69, 9.17) is 5.73 Å². The molecule has 1 saturated carbocycles. The van der Waals surface area contributed by atoms with Crippen molar-refractivity contribution in [3.63, 3.8) is 0 Å². The van der Waals surface area contributed by atoms with Gasteiger partial charge < -0.3 is 11.1 Å². The molecular weight excluding hydrogens is 216 g/mol. The number of carbonyl (C=O) groups is 1. The Kier molecular flexibility index (Phi) is 4.03. The van der Waals surface area contributed by atoms with Crippen LogP contribution in [0.15, 0.2) is 18.5 Å². The predicted molar refractivity (Wildman–Crippen MR) is 65.2 cm³/mol. The molecule has 17 heavy (non-hydrogen) atoms. The van der Waals surface area contributed by atoms with Crippen LogP contribution in [0, 0.1) is 11.8 Å². The maximum absolute atomic E-state index is 12.0. The summed E-state index contributed by atoms with van der Waals surface area (Å²) in [5, 5.41) is 10.3. The maximum atomic E-state index is 12.0. The maximum Gasteiger partial charge on any atom is 0.227 e. The minimum atomic E-state index is 0.0912. The number of nitrogens with two attached hydrogens (primary N) is 1. The number of hydrogen-bond acceptors (Lipinski definition) is 4. The van der Waals surface area contributed by atoms with Crippen molar-refractivity contribution in [2.45, 2.75) is 25.7 Å². The second kappa shape index (κ2) is 5.72. The molecule has 0 saturated heterocycles. The van der Waals surface area contributed by atoms with Crippen molar-refractivity contribution in [2.75, 3.05) is 11.9 Å². The average Bonchev–Trinajstić information content (AvgIpc) is 2.40. The number of hydrogen-bond donors (Lipinski definition) is 2. The highest BCUT2D eigenvalue weighted by Gasteiger charge is 2.25. The normalized spacial score (nSPS) is 24.3. The minimum Gasteiger partial charge on any atom is -0.330 e. The van der Waals surface area contributed by atoms with Gasteiger partial charge >= 0.3 is 0 Å². The van der Waals surface area contributed by atoms with E-state index in [0.717, 1.165) is 32.2 Å². The van der Waals surface area contributed by atoms with Crippen LogP contribution in [-0.4, -0.2) is 22.6 Å². The fraction of sp³-hybridized carbons (Fsp3) is 0.583. The van der Waals surface area contributed by atoms with Crippen molar-refractivity contribution in [3.8, 4) is 0 Å². The second-order valence-electron chi connectivity index (χ2n) is 4.57. The van der Waals surface area contributed by atoms with Gasteiger partial charge in [-0.25, -0.2) is 0 Å². The molecule has 3 N–H and O–H groups in total. The topological polar surface area (TPSA) is 80.9 Å². The van der Waals surface area contributed by atoms with Gasteiger partial charge in [-0.05, 0) is 44.2 Å². The first kappa shape index (κ1) is 12.0. The predicted octanol–water partition coefficient (Wildman–Crippen LogP) is 1.18. The van der Waals surface area contributed by atoms with Gasteiger partial charge in [0, 0.05) is 5.92 Å². The summed E-state index contributed by atoms with van der Waals surface area (Å²) in [4.78, 5) is 12.0. The Morgan fingerprint density at radius 3 is 2.71 bits per heavy atom. The summed E-state index contributed by atoms with van der Waals surface area (Å²) in [6.07, 6.45) is 7.12. The van der Waals surface area contributed by atoms with Crippen LogP contribution in [0.25, 0.3) is 0 Å². The van der Waals surface area contributed by atoms with Crippen LogP contribution < -0.4 is 11.1 Å². The van der Waals surface area contributed by atoms with Gasteiger partial charge in [-0.15, -0.1) is 0 Å². The number of nitrogens with zero attached hydrogens (tertiary/aromatic N) is 2. The summed E-state index contributed by atoms with van der Waals surface area (Å²) in [6.45, 7) is 0.739. The molecule has 1 fully saturated rings.